The second-order valence-electron chi connectivity index (χ2n) is 9.33. The lowest BCUT2D eigenvalue weighted by atomic mass is 10.0. The topological polar surface area (TPSA) is 84.0 Å². The van der Waals surface area contributed by atoms with Crippen LogP contribution in [0.25, 0.3) is 0 Å². The highest BCUT2D eigenvalue weighted by Gasteiger charge is 2.37. The molecule has 1 fully saturated rings. The number of thiazole rings is 1. The molecule has 5 rings (SSSR count). The van der Waals surface area contributed by atoms with E-state index in [0.717, 1.165) is 17.0 Å². The van der Waals surface area contributed by atoms with Crippen molar-refractivity contribution in [3.05, 3.63) is 64.2 Å². The summed E-state index contributed by atoms with van der Waals surface area (Å²) in [5.41, 5.74) is 0.847. The van der Waals surface area contributed by atoms with Crippen LogP contribution in [0.3, 0.4) is 0 Å². The van der Waals surface area contributed by atoms with Crippen LogP contribution in [0.15, 0.2) is 42.5 Å². The van der Waals surface area contributed by atoms with Gasteiger partial charge in [0.25, 0.3) is 5.91 Å². The number of methoxy groups -OCH3 is 2. The summed E-state index contributed by atoms with van der Waals surface area (Å²) in [5, 5.41) is 3.23. The van der Waals surface area contributed by atoms with Gasteiger partial charge < -0.3 is 19.3 Å². The number of carbonyl (C=O) groups is 2. The van der Waals surface area contributed by atoms with Crippen molar-refractivity contribution in [3.63, 3.8) is 0 Å². The number of nitrogens with one attached hydrogen (secondary N) is 1. The van der Waals surface area contributed by atoms with E-state index in [4.69, 9.17) is 9.47 Å². The number of nitrogens with zero attached hydrogens (tertiary/aromatic N) is 3. The van der Waals surface area contributed by atoms with Crippen LogP contribution in [0.4, 0.5) is 24.0 Å². The predicted octanol–water partition coefficient (Wildman–Crippen LogP) is 4.81. The number of anilines is 2. The minimum absolute atomic E-state index is 0.0434. The first kappa shape index (κ1) is 26.8. The highest BCUT2D eigenvalue weighted by molar-refractivity contribution is 7.16. The summed E-state index contributed by atoms with van der Waals surface area (Å²) in [7, 11) is 3.01. The van der Waals surface area contributed by atoms with Crippen molar-refractivity contribution in [2.24, 2.45) is 0 Å². The number of carbonyl (C=O) groups excluding carboxylic acids is 2. The van der Waals surface area contributed by atoms with Gasteiger partial charge in [0, 0.05) is 48.4 Å². The molecule has 1 atom stereocenters. The van der Waals surface area contributed by atoms with E-state index < -0.39 is 17.7 Å². The Bertz CT molecular complexity index is 1360. The van der Waals surface area contributed by atoms with Crippen LogP contribution in [-0.4, -0.2) is 62.1 Å². The SMILES string of the molecule is COc1cc(OC)cc(C(=O)Nc2nc3c(s2)CCC3C(=O)N2CCN(c3cccc(C(F)(F)F)c3)CC2)c1. The van der Waals surface area contributed by atoms with Gasteiger partial charge in [0.1, 0.15) is 11.5 Å². The van der Waals surface area contributed by atoms with Crippen LogP contribution in [0.1, 0.15) is 38.8 Å². The molecule has 206 valence electrons. The first-order valence-electron chi connectivity index (χ1n) is 12.4. The molecule has 2 amide bonds. The van der Waals surface area contributed by atoms with E-state index in [2.05, 4.69) is 10.3 Å². The maximum absolute atomic E-state index is 13.4. The Balaban J connectivity index is 1.23. The molecule has 2 aliphatic rings. The molecule has 0 bridgehead atoms. The third-order valence-electron chi connectivity index (χ3n) is 6.98. The molecular weight excluding hydrogens is 533 g/mol. The number of aryl methyl sites for hydroxylation is 1. The van der Waals surface area contributed by atoms with E-state index in [1.54, 1.807) is 29.2 Å². The number of aromatic nitrogens is 1. The Labute approximate surface area is 227 Å². The fourth-order valence-corrected chi connectivity index (χ4v) is 5.95. The van der Waals surface area contributed by atoms with Gasteiger partial charge in [-0.05, 0) is 43.2 Å². The fraction of sp³-hybridized carbons (Fsp3) is 0.370. The van der Waals surface area contributed by atoms with Gasteiger partial charge in [0.2, 0.25) is 5.91 Å². The zero-order valence-electron chi connectivity index (χ0n) is 21.4. The average Bonchev–Trinajstić information content (AvgIpc) is 3.52. The van der Waals surface area contributed by atoms with E-state index in [9.17, 15) is 22.8 Å². The number of piperazine rings is 1. The predicted molar refractivity (Wildman–Crippen MR) is 141 cm³/mol. The number of alkyl halides is 3. The number of hydrogen-bond donors (Lipinski definition) is 1. The van der Waals surface area contributed by atoms with Gasteiger partial charge in [-0.3, -0.25) is 14.9 Å². The van der Waals surface area contributed by atoms with Crippen molar-refractivity contribution >= 4 is 34.0 Å². The van der Waals surface area contributed by atoms with E-state index in [0.29, 0.717) is 72.6 Å². The van der Waals surface area contributed by atoms with Crippen LogP contribution in [0.5, 0.6) is 11.5 Å². The maximum atomic E-state index is 13.4. The van der Waals surface area contributed by atoms with Crippen molar-refractivity contribution in [1.29, 1.82) is 0 Å². The number of halogens is 3. The van der Waals surface area contributed by atoms with Gasteiger partial charge >= 0.3 is 6.18 Å². The Morgan fingerprint density at radius 2 is 1.72 bits per heavy atom. The molecule has 1 N–H and O–H groups in total. The number of hydrogen-bond acceptors (Lipinski definition) is 7. The quantitative estimate of drug-likeness (QED) is 0.466. The van der Waals surface area contributed by atoms with Gasteiger partial charge in [0.05, 0.1) is 31.4 Å². The monoisotopic (exact) mass is 560 g/mol. The normalized spacial score (nSPS) is 17.1. The van der Waals surface area contributed by atoms with Crippen molar-refractivity contribution in [1.82, 2.24) is 9.88 Å². The van der Waals surface area contributed by atoms with Crippen molar-refractivity contribution in [2.45, 2.75) is 24.9 Å². The van der Waals surface area contributed by atoms with E-state index >= 15 is 0 Å². The molecule has 0 saturated carbocycles. The third kappa shape index (κ3) is 5.65. The molecule has 2 aromatic carbocycles. The Morgan fingerprint density at radius 3 is 2.36 bits per heavy atom. The second-order valence-corrected chi connectivity index (χ2v) is 10.4. The summed E-state index contributed by atoms with van der Waals surface area (Å²) < 4.78 is 49.8. The zero-order chi connectivity index (χ0) is 27.7. The molecule has 1 unspecified atom stereocenters. The zero-order valence-corrected chi connectivity index (χ0v) is 22.2. The van der Waals surface area contributed by atoms with Crippen molar-refractivity contribution in [3.8, 4) is 11.5 Å². The summed E-state index contributed by atoms with van der Waals surface area (Å²) >= 11 is 1.36. The maximum Gasteiger partial charge on any atom is 0.416 e. The molecular formula is C27H27F3N4O4S. The first-order valence-corrected chi connectivity index (χ1v) is 13.2. The minimum Gasteiger partial charge on any atom is -0.497 e. The third-order valence-corrected chi connectivity index (χ3v) is 8.03. The summed E-state index contributed by atoms with van der Waals surface area (Å²) in [6, 6.07) is 10.1. The number of rotatable bonds is 6. The average molecular weight is 561 g/mol. The smallest absolute Gasteiger partial charge is 0.416 e. The van der Waals surface area contributed by atoms with Crippen LogP contribution in [0.2, 0.25) is 0 Å². The van der Waals surface area contributed by atoms with E-state index in [1.807, 2.05) is 4.90 Å². The van der Waals surface area contributed by atoms with Crippen molar-refractivity contribution in [2.75, 3.05) is 50.6 Å². The van der Waals surface area contributed by atoms with Crippen LogP contribution in [-0.2, 0) is 17.4 Å². The minimum atomic E-state index is -4.40. The second kappa shape index (κ2) is 10.8. The van der Waals surface area contributed by atoms with Gasteiger partial charge in [-0.25, -0.2) is 4.98 Å². The van der Waals surface area contributed by atoms with E-state index in [1.165, 1.54) is 31.6 Å². The molecule has 1 saturated heterocycles. The van der Waals surface area contributed by atoms with Crippen molar-refractivity contribution < 1.29 is 32.2 Å². The highest BCUT2D eigenvalue weighted by Crippen LogP contribution is 2.40. The standard InChI is InChI=1S/C27H27F3N4O4S/c1-37-19-12-16(13-20(15-19)38-2)24(35)32-26-31-23-21(6-7-22(23)39-26)25(36)34-10-8-33(9-11-34)18-5-3-4-17(14-18)27(28,29)30/h3-5,12-15,21H,6-11H2,1-2H3,(H,31,32,35). The fourth-order valence-electron chi connectivity index (χ4n) is 4.91. The Morgan fingerprint density at radius 1 is 1.03 bits per heavy atom. The van der Waals surface area contributed by atoms with Crippen LogP contribution < -0.4 is 19.7 Å². The van der Waals surface area contributed by atoms with Gasteiger partial charge in [0.15, 0.2) is 5.13 Å². The largest absolute Gasteiger partial charge is 0.497 e. The lowest BCUT2D eigenvalue weighted by Gasteiger charge is -2.37. The number of amides is 2. The molecule has 1 aromatic heterocycles. The lowest BCUT2D eigenvalue weighted by molar-refractivity contribution is -0.137. The Hall–Kier alpha value is -3.80. The molecule has 3 aromatic rings. The Kier molecular flexibility index (Phi) is 7.39. The molecule has 8 nitrogen and oxygen atoms in total. The van der Waals surface area contributed by atoms with Gasteiger partial charge in [-0.15, -0.1) is 11.3 Å². The molecule has 0 spiro atoms. The number of fused-ring (bicyclic) bond motifs is 1. The van der Waals surface area contributed by atoms with Crippen LogP contribution in [0, 0.1) is 0 Å². The lowest BCUT2D eigenvalue weighted by Crippen LogP contribution is -2.50. The molecule has 39 heavy (non-hydrogen) atoms. The number of ether oxygens (including phenoxy) is 2. The van der Waals surface area contributed by atoms with Gasteiger partial charge in [-0.1, -0.05) is 6.07 Å². The van der Waals surface area contributed by atoms with E-state index in [-0.39, 0.29) is 11.8 Å². The molecule has 12 heteroatoms. The summed E-state index contributed by atoms with van der Waals surface area (Å²) in [4.78, 5) is 35.4. The molecule has 1 aliphatic heterocycles. The summed E-state index contributed by atoms with van der Waals surface area (Å²) in [6.45, 7) is 1.70. The molecule has 0 radical (unpaired) electrons. The van der Waals surface area contributed by atoms with Crippen LogP contribution >= 0.6 is 11.3 Å². The molecule has 2 heterocycles. The molecule has 1 aliphatic carbocycles. The highest BCUT2D eigenvalue weighted by atomic mass is 32.1. The first-order chi connectivity index (χ1) is 18.7. The summed E-state index contributed by atoms with van der Waals surface area (Å²) in [6.07, 6.45) is -3.07. The summed E-state index contributed by atoms with van der Waals surface area (Å²) in [5.74, 6) is 0.158. The van der Waals surface area contributed by atoms with Gasteiger partial charge in [-0.2, -0.15) is 13.2 Å². The number of benzene rings is 2.